The number of nitrogens with one attached hydrogen (secondary N) is 2. The third-order valence-corrected chi connectivity index (χ3v) is 3.49. The average Bonchev–Trinajstić information content (AvgIpc) is 2.53. The summed E-state index contributed by atoms with van der Waals surface area (Å²) in [6.07, 6.45) is 3.61. The van der Waals surface area contributed by atoms with E-state index in [4.69, 9.17) is 0 Å². The molecule has 0 aliphatic carbocycles. The molecule has 1 aromatic carbocycles. The first-order valence-electron chi connectivity index (χ1n) is 7.89. The molecule has 0 spiro atoms. The van der Waals surface area contributed by atoms with Gasteiger partial charge in [0.2, 0.25) is 11.8 Å². The minimum Gasteiger partial charge on any atom is -0.480 e. The van der Waals surface area contributed by atoms with Crippen LogP contribution in [0.15, 0.2) is 43.0 Å². The lowest BCUT2D eigenvalue weighted by Crippen LogP contribution is -2.52. The van der Waals surface area contributed by atoms with Gasteiger partial charge < -0.3 is 15.7 Å². The smallest absolute Gasteiger partial charge is 0.326 e. The van der Waals surface area contributed by atoms with Crippen molar-refractivity contribution in [1.82, 2.24) is 10.6 Å². The molecule has 2 atom stereocenters. The van der Waals surface area contributed by atoms with Crippen molar-refractivity contribution >= 4 is 17.8 Å². The van der Waals surface area contributed by atoms with E-state index in [1.54, 1.807) is 6.08 Å². The second-order valence-electron chi connectivity index (χ2n) is 5.56. The molecule has 0 bridgehead atoms. The second kappa shape index (κ2) is 10.2. The maximum absolute atomic E-state index is 12.4. The SMILES string of the molecule is C=CCCC[C@@H](NC(=O)[C@@H](Cc1ccccc1)NC(C)=O)C(=O)O. The highest BCUT2D eigenvalue weighted by molar-refractivity contribution is 5.90. The summed E-state index contributed by atoms with van der Waals surface area (Å²) in [7, 11) is 0. The van der Waals surface area contributed by atoms with Crippen molar-refractivity contribution in [3.8, 4) is 0 Å². The normalized spacial score (nSPS) is 12.7. The number of hydrogen-bond donors (Lipinski definition) is 3. The van der Waals surface area contributed by atoms with E-state index in [1.165, 1.54) is 6.92 Å². The number of carbonyl (C=O) groups is 3. The molecule has 24 heavy (non-hydrogen) atoms. The zero-order valence-electron chi connectivity index (χ0n) is 13.8. The maximum atomic E-state index is 12.4. The Hall–Kier alpha value is -2.63. The van der Waals surface area contributed by atoms with Gasteiger partial charge in [0.05, 0.1) is 0 Å². The lowest BCUT2D eigenvalue weighted by molar-refractivity contribution is -0.142. The van der Waals surface area contributed by atoms with Crippen molar-refractivity contribution in [2.75, 3.05) is 0 Å². The first-order chi connectivity index (χ1) is 11.4. The highest BCUT2D eigenvalue weighted by atomic mass is 16.4. The molecule has 3 N–H and O–H groups in total. The number of carbonyl (C=O) groups excluding carboxylic acids is 2. The van der Waals surface area contributed by atoms with Gasteiger partial charge in [-0.05, 0) is 24.8 Å². The Morgan fingerprint density at radius 3 is 2.38 bits per heavy atom. The zero-order valence-corrected chi connectivity index (χ0v) is 13.8. The van der Waals surface area contributed by atoms with Gasteiger partial charge in [-0.3, -0.25) is 9.59 Å². The quantitative estimate of drug-likeness (QED) is 0.448. The summed E-state index contributed by atoms with van der Waals surface area (Å²) < 4.78 is 0. The molecule has 0 aromatic heterocycles. The van der Waals surface area contributed by atoms with Gasteiger partial charge in [0.15, 0.2) is 0 Å². The van der Waals surface area contributed by atoms with Gasteiger partial charge in [0.1, 0.15) is 12.1 Å². The number of hydrogen-bond acceptors (Lipinski definition) is 3. The van der Waals surface area contributed by atoms with Crippen LogP contribution in [0.25, 0.3) is 0 Å². The number of carboxylic acids is 1. The van der Waals surface area contributed by atoms with Crippen LogP contribution in [-0.4, -0.2) is 35.0 Å². The minimum absolute atomic E-state index is 0.297. The Morgan fingerprint density at radius 2 is 1.83 bits per heavy atom. The summed E-state index contributed by atoms with van der Waals surface area (Å²) in [6.45, 7) is 4.91. The van der Waals surface area contributed by atoms with Crippen molar-refractivity contribution in [3.05, 3.63) is 48.6 Å². The molecule has 0 radical (unpaired) electrons. The van der Waals surface area contributed by atoms with E-state index < -0.39 is 24.0 Å². The third kappa shape index (κ3) is 7.09. The molecule has 0 saturated heterocycles. The van der Waals surface area contributed by atoms with E-state index >= 15 is 0 Å². The fourth-order valence-corrected chi connectivity index (χ4v) is 2.30. The van der Waals surface area contributed by atoms with E-state index in [9.17, 15) is 19.5 Å². The summed E-state index contributed by atoms with van der Waals surface area (Å²) in [5.74, 6) is -1.93. The van der Waals surface area contributed by atoms with Gasteiger partial charge in [-0.25, -0.2) is 4.79 Å². The monoisotopic (exact) mass is 332 g/mol. The molecule has 1 aromatic rings. The van der Waals surface area contributed by atoms with Crippen LogP contribution in [0, 0.1) is 0 Å². The highest BCUT2D eigenvalue weighted by Crippen LogP contribution is 2.06. The standard InChI is InChI=1S/C18H24N2O4/c1-3-4-6-11-15(18(23)24)20-17(22)16(19-13(2)21)12-14-9-7-5-8-10-14/h3,5,7-10,15-16H,1,4,6,11-12H2,2H3,(H,19,21)(H,20,22)(H,23,24)/t15-,16-/m1/s1. The number of rotatable bonds is 10. The van der Waals surface area contributed by atoms with Crippen molar-refractivity contribution in [2.45, 2.75) is 44.7 Å². The lowest BCUT2D eigenvalue weighted by atomic mass is 10.0. The number of unbranched alkanes of at least 4 members (excludes halogenated alkanes) is 1. The third-order valence-electron chi connectivity index (χ3n) is 3.49. The summed E-state index contributed by atoms with van der Waals surface area (Å²) in [4.78, 5) is 35.1. The molecule has 0 heterocycles. The molecular formula is C18H24N2O4. The van der Waals surface area contributed by atoms with E-state index in [-0.39, 0.29) is 5.91 Å². The number of amides is 2. The van der Waals surface area contributed by atoms with Gasteiger partial charge >= 0.3 is 5.97 Å². The molecule has 0 aliphatic heterocycles. The van der Waals surface area contributed by atoms with Crippen LogP contribution in [0.2, 0.25) is 0 Å². The molecule has 0 unspecified atom stereocenters. The van der Waals surface area contributed by atoms with Gasteiger partial charge in [0.25, 0.3) is 0 Å². The van der Waals surface area contributed by atoms with Gasteiger partial charge in [-0.2, -0.15) is 0 Å². The highest BCUT2D eigenvalue weighted by Gasteiger charge is 2.25. The van der Waals surface area contributed by atoms with Crippen molar-refractivity contribution in [3.63, 3.8) is 0 Å². The maximum Gasteiger partial charge on any atom is 0.326 e. The molecule has 6 heteroatoms. The van der Waals surface area contributed by atoms with Crippen LogP contribution in [0.4, 0.5) is 0 Å². The van der Waals surface area contributed by atoms with Crippen LogP contribution in [0.1, 0.15) is 31.7 Å². The topological polar surface area (TPSA) is 95.5 Å². The number of allylic oxidation sites excluding steroid dienone is 1. The van der Waals surface area contributed by atoms with Gasteiger partial charge in [0, 0.05) is 13.3 Å². The molecule has 0 fully saturated rings. The molecule has 1 rings (SSSR count). The Kier molecular flexibility index (Phi) is 8.25. The first-order valence-corrected chi connectivity index (χ1v) is 7.89. The summed E-state index contributed by atoms with van der Waals surface area (Å²) in [5, 5.41) is 14.3. The molecule has 130 valence electrons. The first kappa shape index (κ1) is 19.4. The largest absolute Gasteiger partial charge is 0.480 e. The predicted octanol–water partition coefficient (Wildman–Crippen LogP) is 1.66. The fourth-order valence-electron chi connectivity index (χ4n) is 2.30. The van der Waals surface area contributed by atoms with E-state index in [2.05, 4.69) is 17.2 Å². The molecule has 0 saturated carbocycles. The van der Waals surface area contributed by atoms with E-state index in [1.807, 2.05) is 30.3 Å². The molecule has 2 amide bonds. The summed E-state index contributed by atoms with van der Waals surface area (Å²) >= 11 is 0. The van der Waals surface area contributed by atoms with Gasteiger partial charge in [-0.15, -0.1) is 6.58 Å². The Labute approximate surface area is 141 Å². The van der Waals surface area contributed by atoms with Crippen LogP contribution in [0.3, 0.4) is 0 Å². The fraction of sp³-hybridized carbons (Fsp3) is 0.389. The number of carboxylic acid groups (broad SMARTS) is 1. The number of aliphatic carboxylic acids is 1. The van der Waals surface area contributed by atoms with Crippen LogP contribution >= 0.6 is 0 Å². The Morgan fingerprint density at radius 1 is 1.17 bits per heavy atom. The summed E-state index contributed by atoms with van der Waals surface area (Å²) in [6, 6.07) is 7.44. The van der Waals surface area contributed by atoms with E-state index in [0.29, 0.717) is 25.7 Å². The Balaban J connectivity index is 2.76. The molecule has 0 aliphatic rings. The van der Waals surface area contributed by atoms with Crippen molar-refractivity contribution in [2.24, 2.45) is 0 Å². The van der Waals surface area contributed by atoms with Crippen molar-refractivity contribution < 1.29 is 19.5 Å². The van der Waals surface area contributed by atoms with Crippen molar-refractivity contribution in [1.29, 1.82) is 0 Å². The zero-order chi connectivity index (χ0) is 17.9. The lowest BCUT2D eigenvalue weighted by Gasteiger charge is -2.21. The average molecular weight is 332 g/mol. The van der Waals surface area contributed by atoms with Crippen LogP contribution in [0.5, 0.6) is 0 Å². The van der Waals surface area contributed by atoms with Crippen LogP contribution < -0.4 is 10.6 Å². The second-order valence-corrected chi connectivity index (χ2v) is 5.56. The molecule has 6 nitrogen and oxygen atoms in total. The summed E-state index contributed by atoms with van der Waals surface area (Å²) in [5.41, 5.74) is 0.880. The Bertz CT molecular complexity index is 572. The minimum atomic E-state index is -1.09. The predicted molar refractivity (Wildman–Crippen MR) is 91.4 cm³/mol. The van der Waals surface area contributed by atoms with E-state index in [0.717, 1.165) is 5.56 Å². The van der Waals surface area contributed by atoms with Crippen LogP contribution in [-0.2, 0) is 20.8 Å². The molecular weight excluding hydrogens is 308 g/mol. The number of benzene rings is 1. The van der Waals surface area contributed by atoms with Gasteiger partial charge in [-0.1, -0.05) is 36.4 Å².